The van der Waals surface area contributed by atoms with Crippen molar-refractivity contribution in [1.82, 2.24) is 19.7 Å². The van der Waals surface area contributed by atoms with Crippen molar-refractivity contribution in [2.75, 3.05) is 23.8 Å². The van der Waals surface area contributed by atoms with Gasteiger partial charge in [-0.15, -0.1) is 11.3 Å². The van der Waals surface area contributed by atoms with Gasteiger partial charge >= 0.3 is 0 Å². The normalized spacial score (nSPS) is 11.0. The smallest absolute Gasteiger partial charge is 0.226 e. The van der Waals surface area contributed by atoms with E-state index in [9.17, 15) is 0 Å². The quantitative estimate of drug-likeness (QED) is 0.784. The lowest BCUT2D eigenvalue weighted by atomic mass is 10.3. The zero-order valence-electron chi connectivity index (χ0n) is 12.4. The van der Waals surface area contributed by atoms with Crippen molar-refractivity contribution < 1.29 is 0 Å². The monoisotopic (exact) mass is 302 g/mol. The molecule has 0 aromatic carbocycles. The van der Waals surface area contributed by atoms with E-state index < -0.39 is 0 Å². The van der Waals surface area contributed by atoms with Gasteiger partial charge in [0.05, 0.1) is 11.6 Å². The molecule has 0 aliphatic heterocycles. The number of aromatic nitrogens is 4. The molecule has 3 aromatic heterocycles. The fourth-order valence-electron chi connectivity index (χ4n) is 2.27. The first-order valence-corrected chi connectivity index (χ1v) is 7.73. The summed E-state index contributed by atoms with van der Waals surface area (Å²) in [4.78, 5) is 12.3. The number of anilines is 2. The van der Waals surface area contributed by atoms with Crippen LogP contribution in [-0.2, 0) is 13.6 Å². The van der Waals surface area contributed by atoms with Gasteiger partial charge in [0.15, 0.2) is 0 Å². The minimum atomic E-state index is 0.681. The number of hydrogen-bond acceptors (Lipinski definition) is 6. The molecule has 0 unspecified atom stereocenters. The van der Waals surface area contributed by atoms with Crippen LogP contribution in [-0.4, -0.2) is 33.3 Å². The lowest BCUT2D eigenvalue weighted by Crippen LogP contribution is -2.18. The van der Waals surface area contributed by atoms with E-state index in [-0.39, 0.29) is 0 Å². The van der Waals surface area contributed by atoms with E-state index in [0.717, 1.165) is 34.7 Å². The van der Waals surface area contributed by atoms with Crippen molar-refractivity contribution in [3.63, 3.8) is 0 Å². The molecule has 0 radical (unpaired) electrons. The molecule has 0 saturated carbocycles. The Labute approximate surface area is 127 Å². The van der Waals surface area contributed by atoms with Crippen LogP contribution in [0.4, 0.5) is 11.8 Å². The number of fused-ring (bicyclic) bond motifs is 1. The van der Waals surface area contributed by atoms with E-state index in [1.54, 1.807) is 11.3 Å². The first kappa shape index (κ1) is 13.8. The fourth-order valence-corrected chi connectivity index (χ4v) is 3.03. The summed E-state index contributed by atoms with van der Waals surface area (Å²) >= 11 is 1.64. The molecule has 0 aliphatic carbocycles. The predicted molar refractivity (Wildman–Crippen MR) is 86.9 cm³/mol. The maximum atomic E-state index is 4.65. The van der Waals surface area contributed by atoms with Gasteiger partial charge in [0.2, 0.25) is 5.95 Å². The fraction of sp³-hybridized carbons (Fsp3) is 0.357. The van der Waals surface area contributed by atoms with Crippen LogP contribution >= 0.6 is 11.3 Å². The molecule has 110 valence electrons. The summed E-state index contributed by atoms with van der Waals surface area (Å²) in [6.45, 7) is 3.62. The molecule has 0 atom stereocenters. The van der Waals surface area contributed by atoms with Crippen LogP contribution in [0.1, 0.15) is 12.5 Å². The summed E-state index contributed by atoms with van der Waals surface area (Å²) in [5.41, 5.74) is 1.16. The molecule has 0 saturated heterocycles. The molecule has 3 aromatic rings. The number of hydrogen-bond donors (Lipinski definition) is 1. The van der Waals surface area contributed by atoms with Crippen LogP contribution in [0.5, 0.6) is 0 Å². The molecule has 21 heavy (non-hydrogen) atoms. The van der Waals surface area contributed by atoms with Crippen molar-refractivity contribution in [1.29, 1.82) is 0 Å². The summed E-state index contributed by atoms with van der Waals surface area (Å²) < 4.78 is 1.81. The third-order valence-corrected chi connectivity index (χ3v) is 3.99. The Morgan fingerprint density at radius 3 is 2.95 bits per heavy atom. The van der Waals surface area contributed by atoms with Crippen molar-refractivity contribution in [3.05, 3.63) is 29.4 Å². The van der Waals surface area contributed by atoms with Gasteiger partial charge in [-0.1, -0.05) is 0 Å². The van der Waals surface area contributed by atoms with Crippen molar-refractivity contribution in [3.8, 4) is 0 Å². The molecule has 0 fully saturated rings. The third-order valence-electron chi connectivity index (χ3n) is 3.18. The largest absolute Gasteiger partial charge is 0.355 e. The lowest BCUT2D eigenvalue weighted by molar-refractivity contribution is 0.766. The van der Waals surface area contributed by atoms with Gasteiger partial charge in [0.25, 0.3) is 0 Å². The van der Waals surface area contributed by atoms with E-state index >= 15 is 0 Å². The Kier molecular flexibility index (Phi) is 3.74. The predicted octanol–water partition coefficient (Wildman–Crippen LogP) is 2.49. The van der Waals surface area contributed by atoms with Gasteiger partial charge in [-0.2, -0.15) is 10.1 Å². The molecular weight excluding hydrogens is 284 g/mol. The van der Waals surface area contributed by atoms with Gasteiger partial charge < -0.3 is 10.2 Å². The summed E-state index contributed by atoms with van der Waals surface area (Å²) in [5, 5.41) is 10.5. The minimum Gasteiger partial charge on any atom is -0.355 e. The van der Waals surface area contributed by atoms with Crippen LogP contribution < -0.4 is 10.2 Å². The first-order chi connectivity index (χ1) is 10.2. The SMILES string of the molecule is CCNc1nc(N(C)Cc2cnn(C)c2)c2ccsc2n1. The molecule has 0 aliphatic rings. The second-order valence-corrected chi connectivity index (χ2v) is 5.81. The van der Waals surface area contributed by atoms with E-state index in [0.29, 0.717) is 5.95 Å². The molecule has 1 N–H and O–H groups in total. The molecule has 0 bridgehead atoms. The van der Waals surface area contributed by atoms with Crippen LogP contribution in [0, 0.1) is 0 Å². The highest BCUT2D eigenvalue weighted by Gasteiger charge is 2.13. The minimum absolute atomic E-state index is 0.681. The van der Waals surface area contributed by atoms with Gasteiger partial charge in [-0.3, -0.25) is 4.68 Å². The number of aryl methyl sites for hydroxylation is 1. The second kappa shape index (κ2) is 5.69. The van der Waals surface area contributed by atoms with Crippen LogP contribution in [0.15, 0.2) is 23.8 Å². The average molecular weight is 302 g/mol. The standard InChI is InChI=1S/C14H18N6S/c1-4-15-14-17-12(11-5-6-21-13(11)18-14)19(2)8-10-7-16-20(3)9-10/h5-7,9H,4,8H2,1-3H3,(H,15,17,18). The molecule has 7 heteroatoms. The van der Waals surface area contributed by atoms with E-state index in [2.05, 4.69) is 36.7 Å². The Morgan fingerprint density at radius 1 is 1.38 bits per heavy atom. The summed E-state index contributed by atoms with van der Waals surface area (Å²) in [6, 6.07) is 2.07. The highest BCUT2D eigenvalue weighted by Crippen LogP contribution is 2.29. The Bertz CT molecular complexity index is 747. The van der Waals surface area contributed by atoms with Crippen molar-refractivity contribution in [2.24, 2.45) is 7.05 Å². The highest BCUT2D eigenvalue weighted by atomic mass is 32.1. The molecule has 6 nitrogen and oxygen atoms in total. The Hall–Kier alpha value is -2.15. The Balaban J connectivity index is 1.95. The molecule has 3 heterocycles. The molecule has 0 spiro atoms. The van der Waals surface area contributed by atoms with Crippen LogP contribution in [0.2, 0.25) is 0 Å². The van der Waals surface area contributed by atoms with E-state index in [1.807, 2.05) is 38.1 Å². The number of nitrogens with one attached hydrogen (secondary N) is 1. The van der Waals surface area contributed by atoms with Crippen LogP contribution in [0.3, 0.4) is 0 Å². The zero-order valence-corrected chi connectivity index (χ0v) is 13.2. The maximum Gasteiger partial charge on any atom is 0.226 e. The first-order valence-electron chi connectivity index (χ1n) is 6.85. The Morgan fingerprint density at radius 2 is 2.24 bits per heavy atom. The molecule has 3 rings (SSSR count). The number of rotatable bonds is 5. The topological polar surface area (TPSA) is 58.9 Å². The maximum absolute atomic E-state index is 4.65. The van der Waals surface area contributed by atoms with E-state index in [1.165, 1.54) is 0 Å². The summed E-state index contributed by atoms with van der Waals surface area (Å²) in [5.74, 6) is 1.63. The summed E-state index contributed by atoms with van der Waals surface area (Å²) in [6.07, 6.45) is 3.90. The van der Waals surface area contributed by atoms with E-state index in [4.69, 9.17) is 0 Å². The van der Waals surface area contributed by atoms with Crippen molar-refractivity contribution >= 4 is 33.3 Å². The number of nitrogens with zero attached hydrogens (tertiary/aromatic N) is 5. The van der Waals surface area contributed by atoms with Gasteiger partial charge in [0, 0.05) is 38.9 Å². The third kappa shape index (κ3) is 2.82. The van der Waals surface area contributed by atoms with Gasteiger partial charge in [-0.05, 0) is 18.4 Å². The van der Waals surface area contributed by atoms with Crippen molar-refractivity contribution in [2.45, 2.75) is 13.5 Å². The van der Waals surface area contributed by atoms with Gasteiger partial charge in [-0.25, -0.2) is 4.98 Å². The molecular formula is C14H18N6S. The van der Waals surface area contributed by atoms with Gasteiger partial charge in [0.1, 0.15) is 10.6 Å². The highest BCUT2D eigenvalue weighted by molar-refractivity contribution is 7.16. The van der Waals surface area contributed by atoms with Crippen LogP contribution in [0.25, 0.3) is 10.2 Å². The zero-order chi connectivity index (χ0) is 14.8. The lowest BCUT2D eigenvalue weighted by Gasteiger charge is -2.19. The average Bonchev–Trinajstić information content (AvgIpc) is 3.07. The number of thiophene rings is 1. The summed E-state index contributed by atoms with van der Waals surface area (Å²) in [7, 11) is 3.97. The molecule has 0 amide bonds. The second-order valence-electron chi connectivity index (χ2n) is 4.92.